The Labute approximate surface area is 104 Å². The minimum Gasteiger partial charge on any atom is -0.417 e. The molecule has 1 aromatic heterocycles. The molecule has 2 rings (SSSR count). The summed E-state index contributed by atoms with van der Waals surface area (Å²) in [5.41, 5.74) is 0.559. The van der Waals surface area contributed by atoms with Crippen molar-refractivity contribution < 1.29 is 13.5 Å². The van der Waals surface area contributed by atoms with E-state index in [0.717, 1.165) is 0 Å². The van der Waals surface area contributed by atoms with Crippen LogP contribution in [-0.2, 0) is 5.88 Å². The van der Waals surface area contributed by atoms with Crippen molar-refractivity contribution in [2.24, 2.45) is 0 Å². The van der Waals surface area contributed by atoms with Gasteiger partial charge in [0.05, 0.1) is 16.0 Å². The second kappa shape index (κ2) is 4.84. The van der Waals surface area contributed by atoms with Crippen LogP contribution in [0.2, 0.25) is 0 Å². The number of alkyl halides is 1. The lowest BCUT2D eigenvalue weighted by molar-refractivity contribution is 0.328. The number of aromatic nitrogens is 1. The Morgan fingerprint density at radius 3 is 3.00 bits per heavy atom. The van der Waals surface area contributed by atoms with Gasteiger partial charge in [0.15, 0.2) is 0 Å². The van der Waals surface area contributed by atoms with E-state index in [-0.39, 0.29) is 12.0 Å². The summed E-state index contributed by atoms with van der Waals surface area (Å²) in [6, 6.07) is 4.08. The summed E-state index contributed by atoms with van der Waals surface area (Å²) in [6.45, 7) is 0. The van der Waals surface area contributed by atoms with Crippen LogP contribution < -0.4 is 4.74 Å². The molecule has 3 nitrogen and oxygen atoms in total. The molecule has 0 radical (unpaired) electrons. The van der Waals surface area contributed by atoms with E-state index in [4.69, 9.17) is 20.8 Å². The Bertz CT molecular complexity index is 503. The molecule has 6 heteroatoms. The van der Waals surface area contributed by atoms with Gasteiger partial charge in [0, 0.05) is 6.07 Å². The minimum atomic E-state index is -0.401. The van der Waals surface area contributed by atoms with Gasteiger partial charge in [-0.05, 0) is 28.1 Å². The molecule has 1 aromatic carbocycles. The molecular formula is C10H6BrClFNO2. The van der Waals surface area contributed by atoms with Gasteiger partial charge >= 0.3 is 6.08 Å². The Kier molecular flexibility index (Phi) is 3.46. The van der Waals surface area contributed by atoms with Gasteiger partial charge in [-0.1, -0.05) is 0 Å². The summed E-state index contributed by atoms with van der Waals surface area (Å²) in [6.07, 6.45) is 1.41. The van der Waals surface area contributed by atoms with Gasteiger partial charge in [0.1, 0.15) is 17.8 Å². The zero-order valence-corrected chi connectivity index (χ0v) is 10.3. The number of rotatable bonds is 3. The van der Waals surface area contributed by atoms with Gasteiger partial charge < -0.3 is 9.15 Å². The maximum Gasteiger partial charge on any atom is 0.399 e. The summed E-state index contributed by atoms with van der Waals surface area (Å²) >= 11 is 8.78. The van der Waals surface area contributed by atoms with Crippen LogP contribution >= 0.6 is 27.5 Å². The molecule has 0 amide bonds. The maximum absolute atomic E-state index is 12.9. The van der Waals surface area contributed by atoms with Gasteiger partial charge in [-0.15, -0.1) is 11.6 Å². The van der Waals surface area contributed by atoms with Crippen LogP contribution in [-0.4, -0.2) is 4.98 Å². The largest absolute Gasteiger partial charge is 0.417 e. The summed E-state index contributed by atoms with van der Waals surface area (Å²) < 4.78 is 23.8. The monoisotopic (exact) mass is 305 g/mol. The molecule has 0 saturated heterocycles. The fourth-order valence-corrected chi connectivity index (χ4v) is 1.50. The van der Waals surface area contributed by atoms with Crippen LogP contribution in [0.25, 0.3) is 0 Å². The van der Waals surface area contributed by atoms with Crippen molar-refractivity contribution in [1.29, 1.82) is 0 Å². The number of nitrogens with zero attached hydrogens (tertiary/aromatic N) is 1. The first-order chi connectivity index (χ1) is 7.69. The van der Waals surface area contributed by atoms with E-state index in [2.05, 4.69) is 20.9 Å². The van der Waals surface area contributed by atoms with Gasteiger partial charge in [-0.3, -0.25) is 0 Å². The van der Waals surface area contributed by atoms with E-state index in [1.807, 2.05) is 0 Å². The third kappa shape index (κ3) is 2.54. The molecule has 84 valence electrons. The number of oxazole rings is 1. The first kappa shape index (κ1) is 11.4. The van der Waals surface area contributed by atoms with Crippen LogP contribution in [0.4, 0.5) is 4.39 Å². The Hall–Kier alpha value is -1.07. The predicted octanol–water partition coefficient (Wildman–Crippen LogP) is 4.11. The highest BCUT2D eigenvalue weighted by molar-refractivity contribution is 9.10. The third-order valence-electron chi connectivity index (χ3n) is 1.76. The number of benzene rings is 1. The van der Waals surface area contributed by atoms with Crippen molar-refractivity contribution >= 4 is 27.5 Å². The van der Waals surface area contributed by atoms with Crippen molar-refractivity contribution in [1.82, 2.24) is 4.98 Å². The summed E-state index contributed by atoms with van der Waals surface area (Å²) in [4.78, 5) is 3.93. The van der Waals surface area contributed by atoms with Crippen LogP contribution in [0.3, 0.4) is 0 Å². The minimum absolute atomic E-state index is 0.0296. The fourth-order valence-electron chi connectivity index (χ4n) is 1.05. The molecule has 1 heterocycles. The lowest BCUT2D eigenvalue weighted by Gasteiger charge is -2.02. The van der Waals surface area contributed by atoms with Crippen molar-refractivity contribution in [2.45, 2.75) is 5.88 Å². The van der Waals surface area contributed by atoms with Gasteiger partial charge in [0.25, 0.3) is 0 Å². The van der Waals surface area contributed by atoms with Crippen molar-refractivity contribution in [3.05, 3.63) is 40.4 Å². The first-order valence-corrected chi connectivity index (χ1v) is 5.65. The second-order valence-electron chi connectivity index (χ2n) is 2.92. The maximum atomic E-state index is 12.9. The molecule has 0 aliphatic rings. The lowest BCUT2D eigenvalue weighted by atomic mass is 10.3. The standard InChI is InChI=1S/C10H6BrClFNO2/c11-8-2-1-6(13)3-9(8)16-10-14-7(4-12)5-15-10/h1-3,5H,4H2. The zero-order valence-electron chi connectivity index (χ0n) is 7.91. The van der Waals surface area contributed by atoms with E-state index >= 15 is 0 Å². The average molecular weight is 307 g/mol. The van der Waals surface area contributed by atoms with Crippen molar-refractivity contribution in [2.75, 3.05) is 0 Å². The molecule has 0 aliphatic carbocycles. The molecule has 0 saturated carbocycles. The molecule has 0 spiro atoms. The fraction of sp³-hybridized carbons (Fsp3) is 0.100. The highest BCUT2D eigenvalue weighted by atomic mass is 79.9. The van der Waals surface area contributed by atoms with Crippen LogP contribution in [0.15, 0.2) is 33.4 Å². The topological polar surface area (TPSA) is 35.3 Å². The summed E-state index contributed by atoms with van der Waals surface area (Å²) in [7, 11) is 0. The Morgan fingerprint density at radius 2 is 2.31 bits per heavy atom. The normalized spacial score (nSPS) is 10.4. The van der Waals surface area contributed by atoms with Crippen LogP contribution in [0.1, 0.15) is 5.69 Å². The lowest BCUT2D eigenvalue weighted by Crippen LogP contribution is -1.87. The Morgan fingerprint density at radius 1 is 1.50 bits per heavy atom. The summed E-state index contributed by atoms with van der Waals surface area (Å²) in [5, 5.41) is 0. The highest BCUT2D eigenvalue weighted by Crippen LogP contribution is 2.29. The Balaban J connectivity index is 2.22. The zero-order chi connectivity index (χ0) is 11.5. The molecule has 0 fully saturated rings. The van der Waals surface area contributed by atoms with Gasteiger partial charge in [-0.25, -0.2) is 4.39 Å². The van der Waals surface area contributed by atoms with E-state index < -0.39 is 5.82 Å². The number of ether oxygens (including phenoxy) is 1. The smallest absolute Gasteiger partial charge is 0.399 e. The van der Waals surface area contributed by atoms with Gasteiger partial charge in [-0.2, -0.15) is 4.98 Å². The van der Waals surface area contributed by atoms with E-state index in [0.29, 0.717) is 15.9 Å². The molecule has 0 N–H and O–H groups in total. The molecule has 0 aliphatic heterocycles. The molecule has 16 heavy (non-hydrogen) atoms. The predicted molar refractivity (Wildman–Crippen MR) is 60.2 cm³/mol. The highest BCUT2D eigenvalue weighted by Gasteiger charge is 2.09. The number of hydrogen-bond acceptors (Lipinski definition) is 3. The van der Waals surface area contributed by atoms with Crippen LogP contribution in [0.5, 0.6) is 11.8 Å². The third-order valence-corrected chi connectivity index (χ3v) is 2.69. The second-order valence-corrected chi connectivity index (χ2v) is 4.04. The van der Waals surface area contributed by atoms with Gasteiger partial charge in [0.2, 0.25) is 0 Å². The molecule has 0 bridgehead atoms. The van der Waals surface area contributed by atoms with Crippen molar-refractivity contribution in [3.8, 4) is 11.8 Å². The number of hydrogen-bond donors (Lipinski definition) is 0. The molecular weight excluding hydrogens is 300 g/mol. The SMILES string of the molecule is Fc1ccc(Br)c(Oc2nc(CCl)co2)c1. The molecule has 2 aromatic rings. The first-order valence-electron chi connectivity index (χ1n) is 4.32. The quantitative estimate of drug-likeness (QED) is 0.801. The van der Waals surface area contributed by atoms with Crippen molar-refractivity contribution in [3.63, 3.8) is 0 Å². The van der Waals surface area contributed by atoms with Crippen LogP contribution in [0, 0.1) is 5.82 Å². The average Bonchev–Trinajstić information content (AvgIpc) is 2.71. The van der Waals surface area contributed by atoms with E-state index in [1.165, 1.54) is 24.5 Å². The van der Waals surface area contributed by atoms with E-state index in [1.54, 1.807) is 0 Å². The van der Waals surface area contributed by atoms with E-state index in [9.17, 15) is 4.39 Å². The molecule has 0 unspecified atom stereocenters. The summed E-state index contributed by atoms with van der Waals surface area (Å²) in [5.74, 6) is 0.127. The number of halogens is 3. The molecule has 0 atom stereocenters.